The predicted octanol–water partition coefficient (Wildman–Crippen LogP) is 2.84. The minimum Gasteiger partial charge on any atom is -0.481 e. The minimum absolute atomic E-state index is 0.235. The van der Waals surface area contributed by atoms with Gasteiger partial charge in [-0.2, -0.15) is 0 Å². The molecule has 108 valence electrons. The van der Waals surface area contributed by atoms with Crippen LogP contribution in [0.25, 0.3) is 0 Å². The van der Waals surface area contributed by atoms with Gasteiger partial charge in [-0.25, -0.2) is 4.79 Å². The van der Waals surface area contributed by atoms with E-state index in [1.54, 1.807) is 30.5 Å². The van der Waals surface area contributed by atoms with Crippen LogP contribution in [0.2, 0.25) is 0 Å². The highest BCUT2D eigenvalue weighted by Gasteiger charge is 2.00. The zero-order valence-electron chi connectivity index (χ0n) is 11.3. The zero-order valence-corrected chi connectivity index (χ0v) is 11.3. The molecule has 0 aromatic heterocycles. The molecular formula is C15H19NO4. The summed E-state index contributed by atoms with van der Waals surface area (Å²) < 4.78 is 0. The number of hydrogen-bond donors (Lipinski definition) is 2. The Morgan fingerprint density at radius 2 is 1.65 bits per heavy atom. The van der Waals surface area contributed by atoms with Crippen LogP contribution >= 0.6 is 0 Å². The molecule has 1 aromatic carbocycles. The van der Waals surface area contributed by atoms with Gasteiger partial charge in [0.15, 0.2) is 0 Å². The average Bonchev–Trinajstić information content (AvgIpc) is 2.42. The Labute approximate surface area is 118 Å². The maximum absolute atomic E-state index is 10.7. The van der Waals surface area contributed by atoms with Gasteiger partial charge in [0, 0.05) is 19.2 Å². The Bertz CT molecular complexity index is 465. The molecule has 0 heterocycles. The number of carboxylic acids is 2. The zero-order chi connectivity index (χ0) is 14.8. The van der Waals surface area contributed by atoms with Gasteiger partial charge >= 0.3 is 11.9 Å². The summed E-state index contributed by atoms with van der Waals surface area (Å²) in [4.78, 5) is 25.2. The Morgan fingerprint density at radius 1 is 1.00 bits per heavy atom. The molecule has 0 spiro atoms. The van der Waals surface area contributed by atoms with Crippen LogP contribution in [0.5, 0.6) is 0 Å². The van der Waals surface area contributed by atoms with Gasteiger partial charge in [-0.05, 0) is 30.5 Å². The van der Waals surface area contributed by atoms with E-state index in [-0.39, 0.29) is 12.0 Å². The Kier molecular flexibility index (Phi) is 7.03. The molecule has 0 radical (unpaired) electrons. The Hall–Kier alpha value is -2.17. The van der Waals surface area contributed by atoms with Crippen molar-refractivity contribution in [3.05, 3.63) is 35.4 Å². The normalized spacial score (nSPS) is 10.8. The van der Waals surface area contributed by atoms with Crippen molar-refractivity contribution in [1.29, 1.82) is 0 Å². The van der Waals surface area contributed by atoms with Crippen molar-refractivity contribution in [2.75, 3.05) is 6.54 Å². The van der Waals surface area contributed by atoms with Crippen LogP contribution in [0.15, 0.2) is 29.3 Å². The van der Waals surface area contributed by atoms with E-state index in [4.69, 9.17) is 10.2 Å². The lowest BCUT2D eigenvalue weighted by molar-refractivity contribution is -0.137. The summed E-state index contributed by atoms with van der Waals surface area (Å²) in [5.74, 6) is -1.68. The number of benzene rings is 1. The Balaban J connectivity index is 2.18. The van der Waals surface area contributed by atoms with Gasteiger partial charge in [0.05, 0.1) is 5.56 Å². The third kappa shape index (κ3) is 6.68. The lowest BCUT2D eigenvalue weighted by atomic mass is 10.1. The number of unbranched alkanes of at least 4 members (excludes halogenated alkanes) is 3. The molecule has 0 unspecified atom stereocenters. The van der Waals surface area contributed by atoms with E-state index in [2.05, 4.69) is 4.99 Å². The number of aliphatic imine (C=N–C) groups is 1. The molecule has 0 fully saturated rings. The van der Waals surface area contributed by atoms with E-state index in [0.717, 1.165) is 31.2 Å². The SMILES string of the molecule is O=C(O)CCCCCC/N=C/c1ccc(C(=O)O)cc1. The number of aliphatic carboxylic acids is 1. The predicted molar refractivity (Wildman–Crippen MR) is 76.6 cm³/mol. The topological polar surface area (TPSA) is 87.0 Å². The number of nitrogens with zero attached hydrogens (tertiary/aromatic N) is 1. The van der Waals surface area contributed by atoms with Crippen molar-refractivity contribution in [2.24, 2.45) is 4.99 Å². The maximum Gasteiger partial charge on any atom is 0.335 e. The van der Waals surface area contributed by atoms with Crippen molar-refractivity contribution in [1.82, 2.24) is 0 Å². The van der Waals surface area contributed by atoms with Gasteiger partial charge in [-0.15, -0.1) is 0 Å². The number of aromatic carboxylic acids is 1. The van der Waals surface area contributed by atoms with Gasteiger partial charge in [0.1, 0.15) is 0 Å². The molecule has 0 amide bonds. The molecule has 0 bridgehead atoms. The quantitative estimate of drug-likeness (QED) is 0.536. The molecule has 5 nitrogen and oxygen atoms in total. The second-order valence-corrected chi connectivity index (χ2v) is 4.52. The van der Waals surface area contributed by atoms with Crippen LogP contribution in [-0.2, 0) is 4.79 Å². The van der Waals surface area contributed by atoms with Crippen molar-refractivity contribution < 1.29 is 19.8 Å². The third-order valence-corrected chi connectivity index (χ3v) is 2.83. The molecule has 0 saturated carbocycles. The summed E-state index contributed by atoms with van der Waals surface area (Å²) in [5.41, 5.74) is 1.14. The first-order valence-electron chi connectivity index (χ1n) is 6.64. The molecule has 1 rings (SSSR count). The molecule has 0 aliphatic carbocycles. The van der Waals surface area contributed by atoms with Crippen LogP contribution in [0.3, 0.4) is 0 Å². The summed E-state index contributed by atoms with van der Waals surface area (Å²) in [6, 6.07) is 6.55. The van der Waals surface area contributed by atoms with Gasteiger partial charge in [0.2, 0.25) is 0 Å². The van der Waals surface area contributed by atoms with Gasteiger partial charge in [-0.1, -0.05) is 25.0 Å². The maximum atomic E-state index is 10.7. The summed E-state index contributed by atoms with van der Waals surface area (Å²) in [7, 11) is 0. The lowest BCUT2D eigenvalue weighted by Crippen LogP contribution is -1.96. The summed E-state index contributed by atoms with van der Waals surface area (Å²) in [5, 5.41) is 17.2. The van der Waals surface area contributed by atoms with Crippen LogP contribution < -0.4 is 0 Å². The number of hydrogen-bond acceptors (Lipinski definition) is 3. The van der Waals surface area contributed by atoms with Gasteiger partial charge in [0.25, 0.3) is 0 Å². The highest BCUT2D eigenvalue weighted by molar-refractivity contribution is 5.89. The number of carbonyl (C=O) groups is 2. The van der Waals surface area contributed by atoms with E-state index < -0.39 is 11.9 Å². The van der Waals surface area contributed by atoms with Crippen molar-refractivity contribution >= 4 is 18.2 Å². The van der Waals surface area contributed by atoms with Gasteiger partial charge in [-0.3, -0.25) is 9.79 Å². The van der Waals surface area contributed by atoms with Crippen LogP contribution in [-0.4, -0.2) is 34.9 Å². The van der Waals surface area contributed by atoms with E-state index in [1.165, 1.54) is 0 Å². The van der Waals surface area contributed by atoms with E-state index in [0.29, 0.717) is 6.54 Å². The summed E-state index contributed by atoms with van der Waals surface area (Å²) >= 11 is 0. The summed E-state index contributed by atoms with van der Waals surface area (Å²) in [6.07, 6.45) is 5.50. The Morgan fingerprint density at radius 3 is 2.25 bits per heavy atom. The second-order valence-electron chi connectivity index (χ2n) is 4.52. The third-order valence-electron chi connectivity index (χ3n) is 2.83. The summed E-state index contributed by atoms with van der Waals surface area (Å²) in [6.45, 7) is 0.702. The molecule has 2 N–H and O–H groups in total. The fourth-order valence-corrected chi connectivity index (χ4v) is 1.71. The smallest absolute Gasteiger partial charge is 0.335 e. The van der Waals surface area contributed by atoms with E-state index in [1.807, 2.05) is 0 Å². The molecule has 5 heteroatoms. The molecule has 0 aliphatic heterocycles. The van der Waals surface area contributed by atoms with Crippen LogP contribution in [0, 0.1) is 0 Å². The molecule has 0 atom stereocenters. The second kappa shape index (κ2) is 8.85. The van der Waals surface area contributed by atoms with E-state index in [9.17, 15) is 9.59 Å². The number of rotatable bonds is 9. The lowest BCUT2D eigenvalue weighted by Gasteiger charge is -1.98. The highest BCUT2D eigenvalue weighted by Crippen LogP contribution is 2.04. The first-order chi connectivity index (χ1) is 9.59. The first-order valence-corrected chi connectivity index (χ1v) is 6.64. The van der Waals surface area contributed by atoms with Crippen molar-refractivity contribution in [3.63, 3.8) is 0 Å². The van der Waals surface area contributed by atoms with Crippen molar-refractivity contribution in [3.8, 4) is 0 Å². The van der Waals surface area contributed by atoms with E-state index >= 15 is 0 Å². The average molecular weight is 277 g/mol. The standard InChI is InChI=1S/C15H19NO4/c17-14(18)5-3-1-2-4-10-16-11-12-6-8-13(9-7-12)15(19)20/h6-9,11H,1-5,10H2,(H,17,18)(H,19,20)/b16-11+. The minimum atomic E-state index is -0.935. The van der Waals surface area contributed by atoms with Crippen molar-refractivity contribution in [2.45, 2.75) is 32.1 Å². The van der Waals surface area contributed by atoms with Crippen LogP contribution in [0.1, 0.15) is 48.0 Å². The molecule has 20 heavy (non-hydrogen) atoms. The fourth-order valence-electron chi connectivity index (χ4n) is 1.71. The monoisotopic (exact) mass is 277 g/mol. The first kappa shape index (κ1) is 15.9. The van der Waals surface area contributed by atoms with Crippen LogP contribution in [0.4, 0.5) is 0 Å². The highest BCUT2D eigenvalue weighted by atomic mass is 16.4. The molecular weight excluding hydrogens is 258 g/mol. The largest absolute Gasteiger partial charge is 0.481 e. The number of carboxylic acid groups (broad SMARTS) is 2. The molecule has 0 saturated heterocycles. The molecule has 1 aromatic rings. The molecule has 0 aliphatic rings. The fraction of sp³-hybridized carbons (Fsp3) is 0.400. The van der Waals surface area contributed by atoms with Gasteiger partial charge < -0.3 is 10.2 Å².